The van der Waals surface area contributed by atoms with Gasteiger partial charge >= 0.3 is 29.6 Å². The van der Waals surface area contributed by atoms with Crippen LogP contribution in [0.2, 0.25) is 0 Å². The van der Waals surface area contributed by atoms with Gasteiger partial charge in [-0.3, -0.25) is 4.55 Å². The number of halogens is 2. The molecule has 25 heavy (non-hydrogen) atoms. The third-order valence-corrected chi connectivity index (χ3v) is 6.34. The Kier molecular flexibility index (Phi) is 21.6. The van der Waals surface area contributed by atoms with Crippen LogP contribution in [0.1, 0.15) is 96.8 Å². The van der Waals surface area contributed by atoms with E-state index in [-0.39, 0.29) is 46.1 Å². The summed E-state index contributed by atoms with van der Waals surface area (Å²) in [5.41, 5.74) is 0. The van der Waals surface area contributed by atoms with Crippen LogP contribution in [-0.2, 0) is 10.1 Å². The summed E-state index contributed by atoms with van der Waals surface area (Å²) in [5.74, 6) is -0.122. The maximum atomic E-state index is 10.6. The van der Waals surface area contributed by atoms with Crippen molar-refractivity contribution in [2.45, 2.75) is 108 Å². The molecule has 0 bridgehead atoms. The molecule has 0 aromatic carbocycles. The molecule has 0 amide bonds. The van der Waals surface area contributed by atoms with Gasteiger partial charge in [0.15, 0.2) is 0 Å². The number of hydrogen-bond donors (Lipinski definition) is 1. The summed E-state index contributed by atoms with van der Waals surface area (Å²) in [6.07, 6.45) is 15.3. The van der Waals surface area contributed by atoms with E-state index in [4.69, 9.17) is 27.8 Å². The van der Waals surface area contributed by atoms with E-state index >= 15 is 0 Å². The average Bonchev–Trinajstić information content (AvgIpc) is 2.51. The molecule has 0 rings (SSSR count). The van der Waals surface area contributed by atoms with Crippen molar-refractivity contribution in [1.29, 1.82) is 0 Å². The van der Waals surface area contributed by atoms with Crippen molar-refractivity contribution < 1.29 is 13.0 Å². The molecular formula is C18H37Cl2NaO3S. The molecule has 0 aliphatic heterocycles. The number of hydrogen-bond acceptors (Lipinski definition) is 2. The SMILES string of the molecule is CCCCCCCCC(Cl)C(Cl)CCCCCCCCS(=O)(=O)O.[NaH]. The van der Waals surface area contributed by atoms with E-state index in [1.54, 1.807) is 0 Å². The molecule has 0 aromatic heterocycles. The Morgan fingerprint density at radius 3 is 1.48 bits per heavy atom. The summed E-state index contributed by atoms with van der Waals surface area (Å²) >= 11 is 12.8. The Morgan fingerprint density at radius 1 is 0.720 bits per heavy atom. The molecular weight excluding hydrogens is 390 g/mol. The van der Waals surface area contributed by atoms with Gasteiger partial charge in [0.1, 0.15) is 0 Å². The Morgan fingerprint density at radius 2 is 1.08 bits per heavy atom. The van der Waals surface area contributed by atoms with Crippen LogP contribution >= 0.6 is 23.2 Å². The molecule has 0 saturated carbocycles. The topological polar surface area (TPSA) is 54.4 Å². The van der Waals surface area contributed by atoms with Crippen molar-refractivity contribution >= 4 is 62.9 Å². The van der Waals surface area contributed by atoms with Crippen molar-refractivity contribution in [3.63, 3.8) is 0 Å². The van der Waals surface area contributed by atoms with Crippen LogP contribution in [0.3, 0.4) is 0 Å². The fourth-order valence-corrected chi connectivity index (χ4v) is 3.94. The van der Waals surface area contributed by atoms with Crippen LogP contribution < -0.4 is 0 Å². The molecule has 2 unspecified atom stereocenters. The van der Waals surface area contributed by atoms with Crippen LogP contribution in [0.5, 0.6) is 0 Å². The zero-order valence-electron chi connectivity index (χ0n) is 15.2. The molecule has 0 aliphatic rings. The first-order valence-electron chi connectivity index (χ1n) is 9.60. The van der Waals surface area contributed by atoms with Gasteiger partial charge in [-0.15, -0.1) is 23.2 Å². The molecule has 3 nitrogen and oxygen atoms in total. The van der Waals surface area contributed by atoms with Crippen molar-refractivity contribution in [2.75, 3.05) is 5.75 Å². The van der Waals surface area contributed by atoms with E-state index in [9.17, 15) is 8.42 Å². The molecule has 1 N–H and O–H groups in total. The van der Waals surface area contributed by atoms with Gasteiger partial charge in [-0.05, 0) is 19.3 Å². The van der Waals surface area contributed by atoms with Crippen LogP contribution in [0.15, 0.2) is 0 Å². The predicted octanol–water partition coefficient (Wildman–Crippen LogP) is 5.92. The third kappa shape index (κ3) is 21.6. The zero-order valence-corrected chi connectivity index (χ0v) is 17.5. The minimum absolute atomic E-state index is 0. The van der Waals surface area contributed by atoms with Crippen LogP contribution in [0.25, 0.3) is 0 Å². The minimum atomic E-state index is -3.79. The molecule has 0 heterocycles. The average molecular weight is 427 g/mol. The van der Waals surface area contributed by atoms with Gasteiger partial charge in [-0.25, -0.2) is 0 Å². The van der Waals surface area contributed by atoms with Gasteiger partial charge in [-0.2, -0.15) is 8.42 Å². The van der Waals surface area contributed by atoms with Crippen LogP contribution in [-0.4, -0.2) is 59.0 Å². The summed E-state index contributed by atoms with van der Waals surface area (Å²) in [5, 5.41) is 0.134. The van der Waals surface area contributed by atoms with Crippen molar-refractivity contribution in [2.24, 2.45) is 0 Å². The molecule has 2 atom stereocenters. The zero-order chi connectivity index (χ0) is 18.3. The Hall–Kier alpha value is 1.49. The first-order valence-corrected chi connectivity index (χ1v) is 12.1. The van der Waals surface area contributed by atoms with Crippen molar-refractivity contribution in [3.8, 4) is 0 Å². The van der Waals surface area contributed by atoms with E-state index in [1.165, 1.54) is 38.5 Å². The van der Waals surface area contributed by atoms with Gasteiger partial charge in [0.2, 0.25) is 0 Å². The van der Waals surface area contributed by atoms with Crippen LogP contribution in [0, 0.1) is 0 Å². The standard InChI is InChI=1S/C18H36Cl2O3S.Na.H/c1-2-3-4-5-8-11-14-17(19)18(20)15-12-9-6-7-10-13-16-24(21,22)23;;/h17-18H,2-16H2,1H3,(H,21,22,23);;. The molecule has 148 valence electrons. The molecule has 0 spiro atoms. The van der Waals surface area contributed by atoms with Gasteiger partial charge in [-0.1, -0.05) is 77.6 Å². The van der Waals surface area contributed by atoms with E-state index < -0.39 is 10.1 Å². The molecule has 0 fully saturated rings. The van der Waals surface area contributed by atoms with E-state index in [0.717, 1.165) is 44.9 Å². The Balaban J connectivity index is 0. The van der Waals surface area contributed by atoms with Gasteiger partial charge in [0, 0.05) is 10.8 Å². The maximum absolute atomic E-state index is 10.6. The molecule has 0 aliphatic carbocycles. The van der Waals surface area contributed by atoms with Crippen LogP contribution in [0.4, 0.5) is 0 Å². The second-order valence-electron chi connectivity index (χ2n) is 6.78. The van der Waals surface area contributed by atoms with E-state index in [2.05, 4.69) is 6.92 Å². The second-order valence-corrected chi connectivity index (χ2v) is 9.48. The Bertz CT molecular complexity index is 381. The van der Waals surface area contributed by atoms with Gasteiger partial charge in [0.25, 0.3) is 10.1 Å². The molecule has 0 saturated heterocycles. The number of unbranched alkanes of at least 4 members (excludes halogenated alkanes) is 10. The van der Waals surface area contributed by atoms with Crippen molar-refractivity contribution in [3.05, 3.63) is 0 Å². The van der Waals surface area contributed by atoms with E-state index in [0.29, 0.717) is 6.42 Å². The number of rotatable bonds is 17. The van der Waals surface area contributed by atoms with Crippen molar-refractivity contribution in [1.82, 2.24) is 0 Å². The fraction of sp³-hybridized carbons (Fsp3) is 1.00. The summed E-state index contributed by atoms with van der Waals surface area (Å²) in [6.45, 7) is 2.23. The summed E-state index contributed by atoms with van der Waals surface area (Å²) < 4.78 is 29.8. The van der Waals surface area contributed by atoms with Gasteiger partial charge < -0.3 is 0 Å². The summed E-state index contributed by atoms with van der Waals surface area (Å²) in [6, 6.07) is 0. The Labute approximate surface area is 188 Å². The van der Waals surface area contributed by atoms with Gasteiger partial charge in [0.05, 0.1) is 5.75 Å². The van der Waals surface area contributed by atoms with E-state index in [1.807, 2.05) is 0 Å². The monoisotopic (exact) mass is 426 g/mol. The quantitative estimate of drug-likeness (QED) is 0.136. The molecule has 0 aromatic rings. The predicted molar refractivity (Wildman–Crippen MR) is 113 cm³/mol. The summed E-state index contributed by atoms with van der Waals surface area (Å²) in [7, 11) is -3.79. The first-order chi connectivity index (χ1) is 11.4. The fourth-order valence-electron chi connectivity index (χ4n) is 2.81. The number of alkyl halides is 2. The molecule has 7 heteroatoms. The second kappa shape index (κ2) is 18.8. The third-order valence-electron chi connectivity index (χ3n) is 4.36. The first kappa shape index (κ1) is 28.7. The normalized spacial score (nSPS) is 14.1. The molecule has 0 radical (unpaired) electrons. The summed E-state index contributed by atoms with van der Waals surface area (Å²) in [4.78, 5) is 0.